The number of hydrazine groups is 1. The van der Waals surface area contributed by atoms with Gasteiger partial charge in [-0.3, -0.25) is 9.35 Å². The molecule has 4 N–H and O–H groups in total. The van der Waals surface area contributed by atoms with Gasteiger partial charge in [-0.25, -0.2) is 0 Å². The summed E-state index contributed by atoms with van der Waals surface area (Å²) in [4.78, 5) is 12.3. The van der Waals surface area contributed by atoms with Gasteiger partial charge >= 0.3 is 6.18 Å². The molecule has 9 nitrogen and oxygen atoms in total. The summed E-state index contributed by atoms with van der Waals surface area (Å²) < 4.78 is 88.8. The minimum atomic E-state index is -4.99. The van der Waals surface area contributed by atoms with E-state index in [1.165, 1.54) is 76.7 Å². The summed E-state index contributed by atoms with van der Waals surface area (Å²) in [7, 11) is -4.73. The first-order chi connectivity index (χ1) is 36.1. The average Bonchev–Trinajstić information content (AvgIpc) is 4.21. The lowest BCUT2D eigenvalue weighted by atomic mass is 9.70. The summed E-state index contributed by atoms with van der Waals surface area (Å²) in [6.07, 6.45) is -3.28. The molecular formula is C62H50F3N3O6S. The summed E-state index contributed by atoms with van der Waals surface area (Å²) >= 11 is 0. The van der Waals surface area contributed by atoms with E-state index < -0.39 is 38.6 Å². The Morgan fingerprint density at radius 3 is 1.71 bits per heavy atom. The number of anilines is 2. The fraction of sp³-hybridized carbons (Fsp3) is 0.177. The molecular weight excluding hydrogens is 972 g/mol. The Bertz CT molecular complexity index is 3880. The van der Waals surface area contributed by atoms with Crippen LogP contribution in [0.4, 0.5) is 24.5 Å². The number of para-hydroxylation sites is 1. The number of alkyl halides is 3. The molecule has 0 saturated carbocycles. The minimum Gasteiger partial charge on any atom is -0.493 e. The molecule has 1 aromatic heterocycles. The number of fused-ring (bicyclic) bond motifs is 11. The van der Waals surface area contributed by atoms with Gasteiger partial charge in [0.25, 0.3) is 10.1 Å². The fourth-order valence-electron chi connectivity index (χ4n) is 11.9. The van der Waals surface area contributed by atoms with Crippen LogP contribution in [0.3, 0.4) is 0 Å². The van der Waals surface area contributed by atoms with Crippen LogP contribution in [0.25, 0.3) is 50.0 Å². The van der Waals surface area contributed by atoms with Crippen LogP contribution in [0.15, 0.2) is 180 Å². The van der Waals surface area contributed by atoms with E-state index in [9.17, 15) is 22.9 Å². The second-order valence-electron chi connectivity index (χ2n) is 20.2. The van der Waals surface area contributed by atoms with E-state index in [1.807, 2.05) is 24.3 Å². The molecule has 2 heterocycles. The van der Waals surface area contributed by atoms with Crippen molar-refractivity contribution in [2.45, 2.75) is 68.0 Å². The van der Waals surface area contributed by atoms with Gasteiger partial charge in [-0.2, -0.15) is 21.6 Å². The van der Waals surface area contributed by atoms with Crippen molar-refractivity contribution >= 4 is 32.4 Å². The molecule has 376 valence electrons. The van der Waals surface area contributed by atoms with Crippen molar-refractivity contribution in [3.8, 4) is 44.8 Å². The third-order valence-electron chi connectivity index (χ3n) is 15.6. The van der Waals surface area contributed by atoms with Crippen molar-refractivity contribution in [3.05, 3.63) is 230 Å². The van der Waals surface area contributed by atoms with Crippen molar-refractivity contribution in [1.29, 1.82) is 0 Å². The summed E-state index contributed by atoms with van der Waals surface area (Å²) in [5.74, 6) is -2.28. The van der Waals surface area contributed by atoms with E-state index in [0.717, 1.165) is 41.4 Å². The molecule has 4 aliphatic rings. The van der Waals surface area contributed by atoms with Crippen LogP contribution >= 0.6 is 0 Å². The van der Waals surface area contributed by atoms with Gasteiger partial charge in [0.05, 0.1) is 34.5 Å². The van der Waals surface area contributed by atoms with E-state index in [2.05, 4.69) is 95.8 Å². The molecule has 2 unspecified atom stereocenters. The molecule has 13 heteroatoms. The van der Waals surface area contributed by atoms with E-state index in [4.69, 9.17) is 4.74 Å². The number of hydrogen-bond donors (Lipinski definition) is 4. The number of aliphatic hydroxyl groups excluding tert-OH is 1. The molecule has 0 saturated heterocycles. The average molecular weight is 1020 g/mol. The predicted molar refractivity (Wildman–Crippen MR) is 288 cm³/mol. The zero-order valence-electron chi connectivity index (χ0n) is 40.9. The SMILES string of the molecule is CC(C)(c1cc(S(=O)(=O)O)cc2c1OCC2)C(O)C(c1c(-n2ccc(=O)c3ccccc32)ccc2c1Cc1ccccc1-2)C(F)(F)F.c1ccc2c(c1)Cc1c(NNc3cccc4c3Cc3ccccc3-4)cccc1-2. The monoisotopic (exact) mass is 1020 g/mol. The van der Waals surface area contributed by atoms with Crippen molar-refractivity contribution in [1.82, 2.24) is 4.57 Å². The molecule has 75 heavy (non-hydrogen) atoms. The molecule has 0 fully saturated rings. The number of benzene rings is 8. The highest BCUT2D eigenvalue weighted by Crippen LogP contribution is 2.53. The van der Waals surface area contributed by atoms with Crippen molar-refractivity contribution in [3.63, 3.8) is 0 Å². The van der Waals surface area contributed by atoms with Crippen molar-refractivity contribution in [2.75, 3.05) is 17.5 Å². The number of rotatable bonds is 9. The highest BCUT2D eigenvalue weighted by molar-refractivity contribution is 7.85. The van der Waals surface area contributed by atoms with Gasteiger partial charge in [-0.05, 0) is 127 Å². The summed E-state index contributed by atoms with van der Waals surface area (Å²) in [5.41, 5.74) is 21.7. The molecule has 2 atom stereocenters. The Morgan fingerprint density at radius 1 is 0.613 bits per heavy atom. The van der Waals surface area contributed by atoms with Crippen molar-refractivity contribution in [2.24, 2.45) is 0 Å². The van der Waals surface area contributed by atoms with Gasteiger partial charge in [0, 0.05) is 53.6 Å². The largest absolute Gasteiger partial charge is 0.493 e. The molecule has 0 amide bonds. The lowest BCUT2D eigenvalue weighted by molar-refractivity contribution is -0.180. The Balaban J connectivity index is 0.000000172. The summed E-state index contributed by atoms with van der Waals surface area (Å²) in [5, 5.41) is 12.5. The van der Waals surface area contributed by atoms with E-state index in [-0.39, 0.29) is 47.4 Å². The number of halogens is 3. The van der Waals surface area contributed by atoms with Crippen LogP contribution in [0.5, 0.6) is 5.75 Å². The number of ether oxygens (including phenoxy) is 1. The van der Waals surface area contributed by atoms with Gasteiger partial charge < -0.3 is 25.3 Å². The molecule has 1 aliphatic heterocycles. The lowest BCUT2D eigenvalue weighted by Gasteiger charge is -2.39. The predicted octanol–water partition coefficient (Wildman–Crippen LogP) is 13.0. The van der Waals surface area contributed by atoms with Gasteiger partial charge in [0.1, 0.15) is 11.7 Å². The maximum absolute atomic E-state index is 15.7. The second-order valence-corrected chi connectivity index (χ2v) is 21.6. The fourth-order valence-corrected chi connectivity index (χ4v) is 12.4. The molecule has 9 aromatic rings. The van der Waals surface area contributed by atoms with Gasteiger partial charge in [-0.1, -0.05) is 129 Å². The number of aromatic nitrogens is 1. The normalized spacial score (nSPS) is 14.5. The highest BCUT2D eigenvalue weighted by Gasteiger charge is 2.54. The molecule has 3 aliphatic carbocycles. The van der Waals surface area contributed by atoms with Crippen LogP contribution < -0.4 is 21.0 Å². The van der Waals surface area contributed by atoms with Crippen LogP contribution in [0.2, 0.25) is 0 Å². The smallest absolute Gasteiger partial charge is 0.398 e. The number of nitrogens with one attached hydrogen (secondary N) is 2. The lowest BCUT2D eigenvalue weighted by Crippen LogP contribution is -2.45. The molecule has 8 aromatic carbocycles. The number of nitrogens with zero attached hydrogens (tertiary/aromatic N) is 1. The van der Waals surface area contributed by atoms with Crippen LogP contribution in [0, 0.1) is 0 Å². The second kappa shape index (κ2) is 18.2. The van der Waals surface area contributed by atoms with Gasteiger partial charge in [0.15, 0.2) is 5.43 Å². The van der Waals surface area contributed by atoms with Crippen LogP contribution in [-0.4, -0.2) is 41.5 Å². The maximum atomic E-state index is 15.7. The Morgan fingerprint density at radius 2 is 1.13 bits per heavy atom. The quantitative estimate of drug-likeness (QED) is 0.0831. The minimum absolute atomic E-state index is 0.0353. The Labute approximate surface area is 431 Å². The first kappa shape index (κ1) is 48.0. The van der Waals surface area contributed by atoms with Crippen LogP contribution in [-0.2, 0) is 41.2 Å². The Kier molecular flexibility index (Phi) is 11.6. The molecule has 13 rings (SSSR count). The standard InChI is InChI=1S/C36H30F3NO6S.C26H20N2/c1-35(2,27-19-22(47(43,44)45)17-21-14-16-46-33(21)27)34(42)32(36(37,38)39)31-26-18-20-7-3-4-8-23(20)24(26)11-12-29(31)40-15-13-30(41)25-9-5-6-10-28(25)40;1-3-9-19-17(7-1)15-23-21(19)11-5-13-25(23)27-28-26-14-6-12-22-20-10-4-2-8-18(20)16-24(22)26/h3-13,15,17,19,32,34,42H,14,16,18H2,1-2H3,(H,43,44,45);1-14,27-28H,15-16H2. The Hall–Kier alpha value is -7.97. The zero-order chi connectivity index (χ0) is 52.0. The third kappa shape index (κ3) is 8.26. The van der Waals surface area contributed by atoms with E-state index in [0.29, 0.717) is 27.6 Å². The van der Waals surface area contributed by atoms with Gasteiger partial charge in [0.2, 0.25) is 0 Å². The van der Waals surface area contributed by atoms with E-state index in [1.54, 1.807) is 41.0 Å². The third-order valence-corrected chi connectivity index (χ3v) is 16.4. The topological polar surface area (TPSA) is 130 Å². The first-order valence-electron chi connectivity index (χ1n) is 24.9. The molecule has 0 radical (unpaired) electrons. The zero-order valence-corrected chi connectivity index (χ0v) is 41.7. The molecule has 0 spiro atoms. The van der Waals surface area contributed by atoms with Gasteiger partial charge in [-0.15, -0.1) is 0 Å². The highest BCUT2D eigenvalue weighted by atomic mass is 32.2. The number of hydrogen-bond acceptors (Lipinski definition) is 7. The first-order valence-corrected chi connectivity index (χ1v) is 26.3. The molecule has 0 bridgehead atoms. The maximum Gasteiger partial charge on any atom is 0.398 e. The van der Waals surface area contributed by atoms with Crippen molar-refractivity contribution < 1.29 is 36.0 Å². The summed E-state index contributed by atoms with van der Waals surface area (Å²) in [6, 6.07) is 51.4. The number of pyridine rings is 1. The number of aliphatic hydroxyl groups is 1. The summed E-state index contributed by atoms with van der Waals surface area (Å²) in [6.45, 7) is 2.99. The van der Waals surface area contributed by atoms with E-state index >= 15 is 13.2 Å². The van der Waals surface area contributed by atoms with Crippen LogP contribution in [0.1, 0.15) is 69.8 Å².